The molecule has 1 N–H and O–H groups in total. The largest absolute Gasteiger partial charge is 0.369 e. The molecule has 0 aliphatic carbocycles. The predicted molar refractivity (Wildman–Crippen MR) is 121 cm³/mol. The third kappa shape index (κ3) is 6.03. The number of amides is 1. The Labute approximate surface area is 185 Å². The number of halogens is 1. The number of piperazine rings is 1. The Morgan fingerprint density at radius 3 is 2.35 bits per heavy atom. The van der Waals surface area contributed by atoms with Gasteiger partial charge in [-0.15, -0.1) is 0 Å². The smallest absolute Gasteiger partial charge is 0.288 e. The first kappa shape index (κ1) is 22.7. The average molecular weight is 465 g/mol. The number of carbonyl (C=O) groups excluding carboxylic acids is 1. The minimum atomic E-state index is -3.17. The highest BCUT2D eigenvalue weighted by atomic mass is 35.5. The van der Waals surface area contributed by atoms with Crippen LogP contribution in [0.3, 0.4) is 0 Å². The quantitative estimate of drug-likeness (QED) is 0.399. The summed E-state index contributed by atoms with van der Waals surface area (Å²) in [6.45, 7) is 2.05. The summed E-state index contributed by atoms with van der Waals surface area (Å²) in [5.74, 6) is -0.382. The van der Waals surface area contributed by atoms with Crippen LogP contribution in [0.4, 0.5) is 17.1 Å². The second-order valence-electron chi connectivity index (χ2n) is 6.99. The molecular weight excluding hydrogens is 444 g/mol. The predicted octanol–water partition coefficient (Wildman–Crippen LogP) is 2.98. The number of sulfonamides is 1. The lowest BCUT2D eigenvalue weighted by atomic mass is 10.2. The van der Waals surface area contributed by atoms with Crippen LogP contribution in [0.15, 0.2) is 48.5 Å². The molecular formula is C20H21ClN4O5S. The van der Waals surface area contributed by atoms with Gasteiger partial charge in [0.2, 0.25) is 15.9 Å². The van der Waals surface area contributed by atoms with Crippen LogP contribution in [-0.4, -0.2) is 56.0 Å². The molecule has 0 saturated carbocycles. The second kappa shape index (κ2) is 9.46. The zero-order valence-corrected chi connectivity index (χ0v) is 18.3. The summed E-state index contributed by atoms with van der Waals surface area (Å²) in [4.78, 5) is 24.6. The van der Waals surface area contributed by atoms with Crippen molar-refractivity contribution in [2.45, 2.75) is 0 Å². The SMILES string of the molecule is CS(=O)(=O)N1CCN(c2ccc(NC(=O)C=Cc3ccc(Cl)c([N+](=O)[O-])c3)cc2)CC1. The number of hydrogen-bond acceptors (Lipinski definition) is 6. The van der Waals surface area contributed by atoms with Crippen LogP contribution in [0.2, 0.25) is 5.02 Å². The van der Waals surface area contributed by atoms with E-state index < -0.39 is 14.9 Å². The number of hydrogen-bond donors (Lipinski definition) is 1. The van der Waals surface area contributed by atoms with Crippen molar-refractivity contribution in [1.82, 2.24) is 4.31 Å². The lowest BCUT2D eigenvalue weighted by molar-refractivity contribution is -0.384. The molecule has 2 aromatic rings. The van der Waals surface area contributed by atoms with E-state index in [0.717, 1.165) is 5.69 Å². The van der Waals surface area contributed by atoms with Crippen molar-refractivity contribution in [3.63, 3.8) is 0 Å². The topological polar surface area (TPSA) is 113 Å². The number of carbonyl (C=O) groups is 1. The molecule has 164 valence electrons. The van der Waals surface area contributed by atoms with Crippen LogP contribution >= 0.6 is 11.6 Å². The molecule has 11 heteroatoms. The van der Waals surface area contributed by atoms with E-state index in [1.54, 1.807) is 18.2 Å². The Morgan fingerprint density at radius 2 is 1.77 bits per heavy atom. The summed E-state index contributed by atoms with van der Waals surface area (Å²) in [6.07, 6.45) is 3.96. The Morgan fingerprint density at radius 1 is 1.13 bits per heavy atom. The van der Waals surface area contributed by atoms with Gasteiger partial charge in [0.05, 0.1) is 11.2 Å². The van der Waals surface area contributed by atoms with Gasteiger partial charge in [0.25, 0.3) is 5.69 Å². The number of rotatable bonds is 6. The number of nitrogens with zero attached hydrogens (tertiary/aromatic N) is 3. The Hall–Kier alpha value is -2.95. The van der Waals surface area contributed by atoms with E-state index in [0.29, 0.717) is 37.4 Å². The first-order valence-electron chi connectivity index (χ1n) is 9.36. The van der Waals surface area contributed by atoms with Crippen molar-refractivity contribution in [3.05, 3.63) is 69.2 Å². The molecule has 0 radical (unpaired) electrons. The lowest BCUT2D eigenvalue weighted by Gasteiger charge is -2.34. The number of nitrogens with one attached hydrogen (secondary N) is 1. The summed E-state index contributed by atoms with van der Waals surface area (Å²) in [7, 11) is -3.17. The van der Waals surface area contributed by atoms with Crippen molar-refractivity contribution in [3.8, 4) is 0 Å². The van der Waals surface area contributed by atoms with Crippen LogP contribution in [0.5, 0.6) is 0 Å². The normalized spacial score (nSPS) is 15.2. The van der Waals surface area contributed by atoms with Gasteiger partial charge in [-0.3, -0.25) is 14.9 Å². The molecule has 0 unspecified atom stereocenters. The number of nitro benzene ring substituents is 1. The standard InChI is InChI=1S/C20H21ClN4O5S/c1-31(29,30)24-12-10-23(11-13-24)17-6-4-16(5-7-17)22-20(26)9-3-15-2-8-18(21)19(14-15)25(27)28/h2-9,14H,10-13H2,1H3,(H,22,26). The van der Waals surface area contributed by atoms with Gasteiger partial charge in [0.15, 0.2) is 0 Å². The molecule has 31 heavy (non-hydrogen) atoms. The monoisotopic (exact) mass is 464 g/mol. The molecule has 1 fully saturated rings. The highest BCUT2D eigenvalue weighted by molar-refractivity contribution is 7.88. The molecule has 1 aliphatic heterocycles. The fourth-order valence-corrected chi connectivity index (χ4v) is 4.18. The summed E-state index contributed by atoms with van der Waals surface area (Å²) in [6, 6.07) is 11.5. The molecule has 1 amide bonds. The fourth-order valence-electron chi connectivity index (χ4n) is 3.16. The van der Waals surface area contributed by atoms with Gasteiger partial charge in [0, 0.05) is 49.7 Å². The van der Waals surface area contributed by atoms with Crippen LogP contribution in [-0.2, 0) is 14.8 Å². The zero-order valence-electron chi connectivity index (χ0n) is 16.7. The molecule has 0 bridgehead atoms. The molecule has 2 aromatic carbocycles. The maximum absolute atomic E-state index is 12.2. The summed E-state index contributed by atoms with van der Waals surface area (Å²) in [5, 5.41) is 13.7. The molecule has 3 rings (SSSR count). The highest BCUT2D eigenvalue weighted by Crippen LogP contribution is 2.25. The van der Waals surface area contributed by atoms with Gasteiger partial charge < -0.3 is 10.2 Å². The summed E-state index contributed by atoms with van der Waals surface area (Å²) < 4.78 is 24.7. The lowest BCUT2D eigenvalue weighted by Crippen LogP contribution is -2.48. The van der Waals surface area contributed by atoms with Gasteiger partial charge in [-0.2, -0.15) is 4.31 Å². The fraction of sp³-hybridized carbons (Fsp3) is 0.250. The van der Waals surface area contributed by atoms with E-state index in [2.05, 4.69) is 10.2 Å². The average Bonchev–Trinajstić information content (AvgIpc) is 2.73. The number of nitro groups is 1. The Balaban J connectivity index is 1.58. The molecule has 0 aromatic heterocycles. The third-order valence-electron chi connectivity index (χ3n) is 4.80. The van der Waals surface area contributed by atoms with E-state index in [-0.39, 0.29) is 16.6 Å². The maximum atomic E-state index is 12.2. The van der Waals surface area contributed by atoms with Gasteiger partial charge in [0.1, 0.15) is 5.02 Å². The van der Waals surface area contributed by atoms with Gasteiger partial charge >= 0.3 is 0 Å². The van der Waals surface area contributed by atoms with Crippen molar-refractivity contribution in [1.29, 1.82) is 0 Å². The zero-order chi connectivity index (χ0) is 22.6. The number of anilines is 2. The van der Waals surface area contributed by atoms with Crippen molar-refractivity contribution < 1.29 is 18.1 Å². The van der Waals surface area contributed by atoms with Crippen molar-refractivity contribution in [2.75, 3.05) is 42.7 Å². The van der Waals surface area contributed by atoms with Crippen LogP contribution < -0.4 is 10.2 Å². The first-order chi connectivity index (χ1) is 14.6. The molecule has 0 atom stereocenters. The minimum Gasteiger partial charge on any atom is -0.369 e. The molecule has 1 saturated heterocycles. The minimum absolute atomic E-state index is 0.0319. The molecule has 0 spiro atoms. The first-order valence-corrected chi connectivity index (χ1v) is 11.6. The van der Waals surface area contributed by atoms with E-state index in [4.69, 9.17) is 11.6 Å². The third-order valence-corrected chi connectivity index (χ3v) is 6.42. The molecule has 1 aliphatic rings. The highest BCUT2D eigenvalue weighted by Gasteiger charge is 2.23. The van der Waals surface area contributed by atoms with E-state index in [1.807, 2.05) is 12.1 Å². The maximum Gasteiger partial charge on any atom is 0.288 e. The number of benzene rings is 2. The van der Waals surface area contributed by atoms with Crippen molar-refractivity contribution in [2.24, 2.45) is 0 Å². The molecule has 1 heterocycles. The van der Waals surface area contributed by atoms with E-state index in [1.165, 1.54) is 34.8 Å². The Bertz CT molecular complexity index is 1110. The van der Waals surface area contributed by atoms with Crippen LogP contribution in [0, 0.1) is 10.1 Å². The van der Waals surface area contributed by atoms with E-state index in [9.17, 15) is 23.3 Å². The van der Waals surface area contributed by atoms with Crippen LogP contribution in [0.1, 0.15) is 5.56 Å². The Kier molecular flexibility index (Phi) is 6.94. The van der Waals surface area contributed by atoms with Gasteiger partial charge in [-0.25, -0.2) is 8.42 Å². The van der Waals surface area contributed by atoms with Gasteiger partial charge in [-0.05, 0) is 42.0 Å². The second-order valence-corrected chi connectivity index (χ2v) is 9.38. The summed E-state index contributed by atoms with van der Waals surface area (Å²) >= 11 is 5.78. The van der Waals surface area contributed by atoms with Gasteiger partial charge in [-0.1, -0.05) is 17.7 Å². The van der Waals surface area contributed by atoms with Crippen molar-refractivity contribution >= 4 is 50.7 Å². The summed E-state index contributed by atoms with van der Waals surface area (Å²) in [5.41, 5.74) is 1.79. The molecule has 9 nitrogen and oxygen atoms in total. The van der Waals surface area contributed by atoms with E-state index >= 15 is 0 Å². The van der Waals surface area contributed by atoms with Crippen LogP contribution in [0.25, 0.3) is 6.08 Å².